The highest BCUT2D eigenvalue weighted by molar-refractivity contribution is 5.67. The maximum atomic E-state index is 10.7. The molecule has 112 valence electrons. The van der Waals surface area contributed by atoms with Crippen molar-refractivity contribution in [1.82, 2.24) is 10.2 Å². The molecule has 0 heterocycles. The van der Waals surface area contributed by atoms with Crippen LogP contribution in [0.3, 0.4) is 0 Å². The van der Waals surface area contributed by atoms with Crippen molar-refractivity contribution in [2.24, 2.45) is 0 Å². The van der Waals surface area contributed by atoms with Gasteiger partial charge in [0.25, 0.3) is 0 Å². The molecule has 0 bridgehead atoms. The predicted octanol–water partition coefficient (Wildman–Crippen LogP) is 2.52. The number of rotatable bonds is 9. The van der Waals surface area contributed by atoms with Crippen LogP contribution in [0.4, 0.5) is 0 Å². The van der Waals surface area contributed by atoms with E-state index >= 15 is 0 Å². The van der Waals surface area contributed by atoms with Gasteiger partial charge in [0.15, 0.2) is 0 Å². The van der Waals surface area contributed by atoms with E-state index in [0.29, 0.717) is 0 Å². The minimum atomic E-state index is -0.760. The first-order valence-corrected chi connectivity index (χ1v) is 7.32. The fourth-order valence-corrected chi connectivity index (χ4v) is 2.44. The van der Waals surface area contributed by atoms with Crippen LogP contribution in [0.25, 0.3) is 0 Å². The molecule has 0 fully saturated rings. The number of likely N-dealkylation sites (N-methyl/N-ethyl adjacent to an activating group) is 1. The van der Waals surface area contributed by atoms with Crippen molar-refractivity contribution in [3.8, 4) is 0 Å². The van der Waals surface area contributed by atoms with Gasteiger partial charge in [-0.25, -0.2) is 0 Å². The van der Waals surface area contributed by atoms with E-state index in [1.165, 1.54) is 5.56 Å². The molecule has 4 heteroatoms. The molecule has 0 aliphatic rings. The Hall–Kier alpha value is -1.39. The molecule has 0 saturated carbocycles. The second-order valence-electron chi connectivity index (χ2n) is 5.05. The van der Waals surface area contributed by atoms with Crippen molar-refractivity contribution < 1.29 is 9.90 Å². The Morgan fingerprint density at radius 2 is 1.85 bits per heavy atom. The lowest BCUT2D eigenvalue weighted by Crippen LogP contribution is -2.39. The Balaban J connectivity index is 2.71. The van der Waals surface area contributed by atoms with Gasteiger partial charge in [0.2, 0.25) is 0 Å². The van der Waals surface area contributed by atoms with Crippen LogP contribution in [-0.2, 0) is 4.79 Å². The van der Waals surface area contributed by atoms with Crippen molar-refractivity contribution in [2.75, 3.05) is 19.6 Å². The van der Waals surface area contributed by atoms with Crippen LogP contribution in [0.5, 0.6) is 0 Å². The van der Waals surface area contributed by atoms with Gasteiger partial charge in [-0.05, 0) is 25.6 Å². The molecule has 0 aliphatic heterocycles. The summed E-state index contributed by atoms with van der Waals surface area (Å²) in [6.45, 7) is 8.94. The number of hydrogen-bond donors (Lipinski definition) is 2. The highest BCUT2D eigenvalue weighted by Crippen LogP contribution is 2.19. The van der Waals surface area contributed by atoms with Crippen LogP contribution >= 0.6 is 0 Å². The summed E-state index contributed by atoms with van der Waals surface area (Å²) in [5.41, 5.74) is 1.27. The van der Waals surface area contributed by atoms with Gasteiger partial charge in [-0.1, -0.05) is 44.2 Å². The highest BCUT2D eigenvalue weighted by Gasteiger charge is 2.18. The lowest BCUT2D eigenvalue weighted by Gasteiger charge is -2.31. The van der Waals surface area contributed by atoms with Crippen molar-refractivity contribution in [3.05, 3.63) is 35.9 Å². The SMILES string of the molecule is CCN(CC)C(CNC(C)CC(=O)O)c1ccccc1. The van der Waals surface area contributed by atoms with Gasteiger partial charge in [0, 0.05) is 18.6 Å². The van der Waals surface area contributed by atoms with Crippen LogP contribution in [-0.4, -0.2) is 41.7 Å². The van der Waals surface area contributed by atoms with Crippen LogP contribution in [0.2, 0.25) is 0 Å². The molecule has 1 rings (SSSR count). The summed E-state index contributed by atoms with van der Waals surface area (Å²) in [6.07, 6.45) is 0.153. The Kier molecular flexibility index (Phi) is 7.26. The number of nitrogens with zero attached hydrogens (tertiary/aromatic N) is 1. The van der Waals surface area contributed by atoms with Gasteiger partial charge in [-0.3, -0.25) is 9.69 Å². The lowest BCUT2D eigenvalue weighted by atomic mass is 10.0. The first-order valence-electron chi connectivity index (χ1n) is 7.32. The standard InChI is InChI=1S/C16H26N2O2/c1-4-18(5-2)15(14-9-7-6-8-10-14)12-17-13(3)11-16(19)20/h6-10,13,15,17H,4-5,11-12H2,1-3H3,(H,19,20). The van der Waals surface area contributed by atoms with Gasteiger partial charge in [-0.2, -0.15) is 0 Å². The van der Waals surface area contributed by atoms with E-state index in [0.717, 1.165) is 19.6 Å². The van der Waals surface area contributed by atoms with E-state index in [4.69, 9.17) is 5.11 Å². The van der Waals surface area contributed by atoms with Crippen LogP contribution in [0, 0.1) is 0 Å². The molecule has 2 unspecified atom stereocenters. The van der Waals surface area contributed by atoms with E-state index in [-0.39, 0.29) is 18.5 Å². The monoisotopic (exact) mass is 278 g/mol. The first kappa shape index (κ1) is 16.7. The maximum Gasteiger partial charge on any atom is 0.304 e. The Morgan fingerprint density at radius 1 is 1.25 bits per heavy atom. The van der Waals surface area contributed by atoms with E-state index < -0.39 is 5.97 Å². The minimum Gasteiger partial charge on any atom is -0.481 e. The van der Waals surface area contributed by atoms with Crippen LogP contribution in [0.1, 0.15) is 38.8 Å². The number of hydrogen-bond acceptors (Lipinski definition) is 3. The van der Waals surface area contributed by atoms with Crippen molar-refractivity contribution in [1.29, 1.82) is 0 Å². The van der Waals surface area contributed by atoms with Crippen molar-refractivity contribution in [2.45, 2.75) is 39.3 Å². The maximum absolute atomic E-state index is 10.7. The number of benzene rings is 1. The molecular formula is C16H26N2O2. The smallest absolute Gasteiger partial charge is 0.304 e. The summed E-state index contributed by atoms with van der Waals surface area (Å²) in [5.74, 6) is -0.760. The molecule has 20 heavy (non-hydrogen) atoms. The van der Waals surface area contributed by atoms with Gasteiger partial charge in [0.05, 0.1) is 6.42 Å². The molecule has 1 aromatic rings. The third kappa shape index (κ3) is 5.31. The molecule has 0 spiro atoms. The molecule has 0 radical (unpaired) electrons. The summed E-state index contributed by atoms with van der Waals surface area (Å²) >= 11 is 0. The fraction of sp³-hybridized carbons (Fsp3) is 0.562. The molecule has 2 atom stereocenters. The second-order valence-corrected chi connectivity index (χ2v) is 5.05. The highest BCUT2D eigenvalue weighted by atomic mass is 16.4. The third-order valence-corrected chi connectivity index (χ3v) is 3.58. The van der Waals surface area contributed by atoms with E-state index in [9.17, 15) is 4.79 Å². The molecule has 4 nitrogen and oxygen atoms in total. The van der Waals surface area contributed by atoms with Crippen LogP contribution in [0.15, 0.2) is 30.3 Å². The molecule has 2 N–H and O–H groups in total. The first-order chi connectivity index (χ1) is 9.58. The topological polar surface area (TPSA) is 52.6 Å². The zero-order chi connectivity index (χ0) is 15.0. The summed E-state index contributed by atoms with van der Waals surface area (Å²) in [6, 6.07) is 10.6. The number of carboxylic acid groups (broad SMARTS) is 1. The largest absolute Gasteiger partial charge is 0.481 e. The van der Waals surface area contributed by atoms with Gasteiger partial charge >= 0.3 is 5.97 Å². The molecule has 0 amide bonds. The molecule has 1 aromatic carbocycles. The molecule has 0 aromatic heterocycles. The van der Waals surface area contributed by atoms with Gasteiger partial charge in [-0.15, -0.1) is 0 Å². The summed E-state index contributed by atoms with van der Waals surface area (Å²) in [5, 5.41) is 12.2. The number of nitrogens with one attached hydrogen (secondary N) is 1. The quantitative estimate of drug-likeness (QED) is 0.729. The average Bonchev–Trinajstić information content (AvgIpc) is 2.43. The Bertz CT molecular complexity index is 391. The minimum absolute atomic E-state index is 0.0192. The van der Waals surface area contributed by atoms with Crippen molar-refractivity contribution >= 4 is 5.97 Å². The third-order valence-electron chi connectivity index (χ3n) is 3.58. The fourth-order valence-electron chi connectivity index (χ4n) is 2.44. The van der Waals surface area contributed by atoms with Crippen molar-refractivity contribution in [3.63, 3.8) is 0 Å². The average molecular weight is 278 g/mol. The zero-order valence-electron chi connectivity index (χ0n) is 12.7. The Labute approximate surface area is 121 Å². The predicted molar refractivity (Wildman–Crippen MR) is 81.8 cm³/mol. The van der Waals surface area contributed by atoms with Gasteiger partial charge < -0.3 is 10.4 Å². The van der Waals surface area contributed by atoms with Crippen LogP contribution < -0.4 is 5.32 Å². The summed E-state index contributed by atoms with van der Waals surface area (Å²) in [7, 11) is 0. The molecule has 0 saturated heterocycles. The number of carboxylic acids is 1. The summed E-state index contributed by atoms with van der Waals surface area (Å²) in [4.78, 5) is 13.1. The summed E-state index contributed by atoms with van der Waals surface area (Å²) < 4.78 is 0. The molecule has 0 aliphatic carbocycles. The Morgan fingerprint density at radius 3 is 2.35 bits per heavy atom. The van der Waals surface area contributed by atoms with E-state index in [1.54, 1.807) is 0 Å². The lowest BCUT2D eigenvalue weighted by molar-refractivity contribution is -0.137. The normalized spacial score (nSPS) is 14.2. The number of carbonyl (C=O) groups is 1. The molecular weight excluding hydrogens is 252 g/mol. The van der Waals surface area contributed by atoms with Gasteiger partial charge in [0.1, 0.15) is 0 Å². The van der Waals surface area contributed by atoms with E-state index in [2.05, 4.69) is 36.2 Å². The van der Waals surface area contributed by atoms with E-state index in [1.807, 2.05) is 25.1 Å². The second kappa shape index (κ2) is 8.72. The number of aliphatic carboxylic acids is 1. The zero-order valence-corrected chi connectivity index (χ0v) is 12.7.